The van der Waals surface area contributed by atoms with Crippen molar-refractivity contribution in [3.05, 3.63) is 42.0 Å². The quantitative estimate of drug-likeness (QED) is 0.879. The Balaban J connectivity index is 2.12. The van der Waals surface area contributed by atoms with Gasteiger partial charge in [-0.2, -0.15) is 8.78 Å². The highest BCUT2D eigenvalue weighted by molar-refractivity contribution is 7.92. The first-order valence-electron chi connectivity index (χ1n) is 6.79. The molecular formula is C15H13F2NO5S. The molecule has 3 rings (SSSR count). The predicted octanol–water partition coefficient (Wildman–Crippen LogP) is 2.71. The van der Waals surface area contributed by atoms with Gasteiger partial charge in [-0.15, -0.1) is 0 Å². The van der Waals surface area contributed by atoms with Gasteiger partial charge in [0.25, 0.3) is 0 Å². The van der Waals surface area contributed by atoms with Crippen molar-refractivity contribution < 1.29 is 31.8 Å². The van der Waals surface area contributed by atoms with Crippen LogP contribution in [0, 0.1) is 0 Å². The lowest BCUT2D eigenvalue weighted by molar-refractivity contribution is -0.0505. The van der Waals surface area contributed by atoms with Crippen LogP contribution in [-0.2, 0) is 10.0 Å². The van der Waals surface area contributed by atoms with E-state index in [0.29, 0.717) is 5.56 Å². The minimum atomic E-state index is -3.50. The Bertz CT molecular complexity index is 885. The Labute approximate surface area is 136 Å². The van der Waals surface area contributed by atoms with Crippen molar-refractivity contribution in [2.24, 2.45) is 0 Å². The van der Waals surface area contributed by atoms with Gasteiger partial charge in [0.15, 0.2) is 0 Å². The summed E-state index contributed by atoms with van der Waals surface area (Å²) in [5.41, 5.74) is 1.14. The van der Waals surface area contributed by atoms with Crippen LogP contribution in [-0.4, -0.2) is 26.4 Å². The van der Waals surface area contributed by atoms with Crippen molar-refractivity contribution in [3.63, 3.8) is 0 Å². The number of aliphatic hydroxyl groups excluding tert-OH is 1. The number of hydrogen-bond acceptors (Lipinski definition) is 5. The molecule has 0 aliphatic carbocycles. The maximum absolute atomic E-state index is 12.6. The molecule has 1 aliphatic rings. The summed E-state index contributed by atoms with van der Waals surface area (Å²) in [4.78, 5) is 0. The second-order valence-electron chi connectivity index (χ2n) is 5.15. The van der Waals surface area contributed by atoms with Crippen LogP contribution in [0.5, 0.6) is 11.5 Å². The molecule has 0 spiro atoms. The molecule has 0 saturated heterocycles. The normalized spacial score (nSPS) is 16.1. The van der Waals surface area contributed by atoms with E-state index >= 15 is 0 Å². The second kappa shape index (κ2) is 5.91. The van der Waals surface area contributed by atoms with Crippen LogP contribution in [0.2, 0.25) is 0 Å². The molecule has 1 unspecified atom stereocenters. The van der Waals surface area contributed by atoms with Crippen molar-refractivity contribution in [2.45, 2.75) is 12.9 Å². The number of sulfonamides is 1. The zero-order valence-electron chi connectivity index (χ0n) is 12.4. The highest BCUT2D eigenvalue weighted by atomic mass is 32.2. The molecule has 128 valence electrons. The van der Waals surface area contributed by atoms with E-state index in [4.69, 9.17) is 4.74 Å². The van der Waals surface area contributed by atoms with E-state index in [2.05, 4.69) is 9.46 Å². The molecule has 0 bridgehead atoms. The largest absolute Gasteiger partial charge is 0.460 e. The van der Waals surface area contributed by atoms with E-state index in [1.54, 1.807) is 0 Å². The SMILES string of the molecule is CS(=O)(=O)Nc1ccc2c(c1)C(O)Oc1cccc(OC(F)F)c1-2. The molecule has 0 aromatic heterocycles. The molecule has 0 radical (unpaired) electrons. The lowest BCUT2D eigenvalue weighted by Gasteiger charge is -2.27. The summed E-state index contributed by atoms with van der Waals surface area (Å²) < 4.78 is 59.9. The Morgan fingerprint density at radius 3 is 2.71 bits per heavy atom. The summed E-state index contributed by atoms with van der Waals surface area (Å²) in [6.45, 7) is -3.02. The number of halogens is 2. The van der Waals surface area contributed by atoms with Crippen molar-refractivity contribution in [1.29, 1.82) is 0 Å². The fourth-order valence-electron chi connectivity index (χ4n) is 2.52. The third kappa shape index (κ3) is 3.26. The third-order valence-electron chi connectivity index (χ3n) is 3.33. The van der Waals surface area contributed by atoms with Crippen LogP contribution in [0.3, 0.4) is 0 Å². The average molecular weight is 357 g/mol. The number of aliphatic hydroxyl groups is 1. The van der Waals surface area contributed by atoms with Crippen LogP contribution in [0.15, 0.2) is 36.4 Å². The standard InChI is InChI=1S/C15H13F2NO5S/c1-24(20,21)18-8-5-6-9-10(7-8)14(19)22-11-3-2-4-12(13(9)11)23-15(16)17/h2-7,14-15,18-19H,1H3. The van der Waals surface area contributed by atoms with Gasteiger partial charge >= 0.3 is 6.61 Å². The summed E-state index contributed by atoms with van der Waals surface area (Å²) in [6, 6.07) is 8.69. The number of ether oxygens (including phenoxy) is 2. The van der Waals surface area contributed by atoms with E-state index < -0.39 is 22.9 Å². The molecule has 1 aliphatic heterocycles. The van der Waals surface area contributed by atoms with Crippen LogP contribution >= 0.6 is 0 Å². The first kappa shape index (κ1) is 16.5. The van der Waals surface area contributed by atoms with E-state index in [1.807, 2.05) is 0 Å². The minimum absolute atomic E-state index is 0.0977. The van der Waals surface area contributed by atoms with Gasteiger partial charge in [-0.05, 0) is 29.8 Å². The van der Waals surface area contributed by atoms with Gasteiger partial charge in [0.05, 0.1) is 11.8 Å². The maximum atomic E-state index is 12.6. The highest BCUT2D eigenvalue weighted by Gasteiger charge is 2.28. The number of nitrogens with one attached hydrogen (secondary N) is 1. The molecule has 0 fully saturated rings. The fourth-order valence-corrected chi connectivity index (χ4v) is 3.08. The molecule has 2 aromatic rings. The predicted molar refractivity (Wildman–Crippen MR) is 82.6 cm³/mol. The fraction of sp³-hybridized carbons (Fsp3) is 0.200. The zero-order chi connectivity index (χ0) is 17.5. The van der Waals surface area contributed by atoms with Gasteiger partial charge in [0.2, 0.25) is 16.3 Å². The van der Waals surface area contributed by atoms with Gasteiger partial charge in [0.1, 0.15) is 11.5 Å². The molecule has 6 nitrogen and oxygen atoms in total. The van der Waals surface area contributed by atoms with E-state index in [-0.39, 0.29) is 28.3 Å². The summed E-state index contributed by atoms with van der Waals surface area (Å²) in [5.74, 6) is 0.0939. The summed E-state index contributed by atoms with van der Waals surface area (Å²) in [6.07, 6.45) is -0.376. The molecule has 9 heteroatoms. The summed E-state index contributed by atoms with van der Waals surface area (Å²) in [5, 5.41) is 10.1. The van der Waals surface area contributed by atoms with Crippen LogP contribution in [0.4, 0.5) is 14.5 Å². The molecule has 0 saturated carbocycles. The van der Waals surface area contributed by atoms with Crippen molar-refractivity contribution in [3.8, 4) is 22.6 Å². The Morgan fingerprint density at radius 2 is 2.04 bits per heavy atom. The highest BCUT2D eigenvalue weighted by Crippen LogP contribution is 2.47. The maximum Gasteiger partial charge on any atom is 0.387 e. The third-order valence-corrected chi connectivity index (χ3v) is 3.94. The monoisotopic (exact) mass is 357 g/mol. The molecule has 1 atom stereocenters. The van der Waals surface area contributed by atoms with E-state index in [0.717, 1.165) is 6.26 Å². The van der Waals surface area contributed by atoms with Crippen LogP contribution in [0.1, 0.15) is 11.9 Å². The number of anilines is 1. The minimum Gasteiger partial charge on any atom is -0.460 e. The lowest BCUT2D eigenvalue weighted by Crippen LogP contribution is -2.16. The van der Waals surface area contributed by atoms with Crippen LogP contribution < -0.4 is 14.2 Å². The summed E-state index contributed by atoms with van der Waals surface area (Å²) in [7, 11) is -3.50. The molecule has 2 aromatic carbocycles. The topological polar surface area (TPSA) is 84.9 Å². The number of hydrogen-bond donors (Lipinski definition) is 2. The van der Waals surface area contributed by atoms with Gasteiger partial charge in [-0.1, -0.05) is 12.1 Å². The van der Waals surface area contributed by atoms with Gasteiger partial charge in [-0.3, -0.25) is 4.72 Å². The van der Waals surface area contributed by atoms with E-state index in [9.17, 15) is 22.3 Å². The molecule has 24 heavy (non-hydrogen) atoms. The van der Waals surface area contributed by atoms with Gasteiger partial charge < -0.3 is 14.6 Å². The molecule has 2 N–H and O–H groups in total. The molecule has 0 amide bonds. The average Bonchev–Trinajstić information content (AvgIpc) is 2.45. The summed E-state index contributed by atoms with van der Waals surface area (Å²) >= 11 is 0. The number of alkyl halides is 2. The lowest BCUT2D eigenvalue weighted by atomic mass is 9.95. The zero-order valence-corrected chi connectivity index (χ0v) is 13.2. The Kier molecular flexibility index (Phi) is 4.06. The van der Waals surface area contributed by atoms with Gasteiger partial charge in [-0.25, -0.2) is 8.42 Å². The number of fused-ring (bicyclic) bond motifs is 3. The Hall–Kier alpha value is -2.39. The molecular weight excluding hydrogens is 344 g/mol. The van der Waals surface area contributed by atoms with Crippen LogP contribution in [0.25, 0.3) is 11.1 Å². The van der Waals surface area contributed by atoms with Crippen molar-refractivity contribution in [2.75, 3.05) is 11.0 Å². The van der Waals surface area contributed by atoms with Gasteiger partial charge in [0, 0.05) is 11.3 Å². The van der Waals surface area contributed by atoms with E-state index in [1.165, 1.54) is 36.4 Å². The number of benzene rings is 2. The first-order chi connectivity index (χ1) is 11.2. The van der Waals surface area contributed by atoms with Crippen molar-refractivity contribution >= 4 is 15.7 Å². The smallest absolute Gasteiger partial charge is 0.387 e. The molecule has 1 heterocycles. The number of rotatable bonds is 4. The van der Waals surface area contributed by atoms with Crippen molar-refractivity contribution in [1.82, 2.24) is 0 Å². The second-order valence-corrected chi connectivity index (χ2v) is 6.90. The first-order valence-corrected chi connectivity index (χ1v) is 8.68. The Morgan fingerprint density at radius 1 is 1.29 bits per heavy atom.